The number of nitrogens with zero attached hydrogens (tertiary/aromatic N) is 3. The molecule has 2 heterocycles. The van der Waals surface area contributed by atoms with Crippen LogP contribution in [0.3, 0.4) is 0 Å². The molecule has 0 bridgehead atoms. The second-order valence-corrected chi connectivity index (χ2v) is 8.37. The van der Waals surface area contributed by atoms with Gasteiger partial charge in [0, 0.05) is 36.6 Å². The molecule has 2 aromatic rings. The van der Waals surface area contributed by atoms with Gasteiger partial charge < -0.3 is 18.9 Å². The predicted octanol–water partition coefficient (Wildman–Crippen LogP) is 4.01. The van der Waals surface area contributed by atoms with Crippen LogP contribution in [-0.2, 0) is 9.47 Å². The number of likely N-dealkylation sites (tertiary alicyclic amines) is 1. The van der Waals surface area contributed by atoms with Gasteiger partial charge >= 0.3 is 6.09 Å². The van der Waals surface area contributed by atoms with E-state index < -0.39 is 5.60 Å². The van der Waals surface area contributed by atoms with E-state index in [2.05, 4.69) is 10.1 Å². The van der Waals surface area contributed by atoms with Crippen molar-refractivity contribution < 1.29 is 18.8 Å². The SMILES string of the molecule is COC(c1nc(-c2ccc(SC)cc2)no1)C1CN(C(=O)OC(C)(C)C)C1. The standard InChI is InChI=1S/C19H25N3O4S/c1-19(2,3)25-18(23)22-10-13(11-22)15(24-4)17-20-16(21-26-17)12-6-8-14(27-5)9-7-12/h6-9,13,15H,10-11H2,1-5H3. The Morgan fingerprint density at radius 1 is 1.30 bits per heavy atom. The first-order valence-corrected chi connectivity index (χ1v) is 10.0. The minimum absolute atomic E-state index is 0.0923. The van der Waals surface area contributed by atoms with Gasteiger partial charge in [-0.25, -0.2) is 4.79 Å². The van der Waals surface area contributed by atoms with E-state index in [1.807, 2.05) is 51.3 Å². The van der Waals surface area contributed by atoms with Crippen LogP contribution in [-0.4, -0.2) is 53.2 Å². The lowest BCUT2D eigenvalue weighted by Gasteiger charge is -2.41. The molecule has 0 aliphatic carbocycles. The molecule has 146 valence electrons. The second-order valence-electron chi connectivity index (χ2n) is 7.49. The van der Waals surface area contributed by atoms with Crippen molar-refractivity contribution in [3.05, 3.63) is 30.2 Å². The van der Waals surface area contributed by atoms with Crippen LogP contribution in [0, 0.1) is 5.92 Å². The largest absolute Gasteiger partial charge is 0.444 e. The van der Waals surface area contributed by atoms with Gasteiger partial charge in [0.05, 0.1) is 0 Å². The highest BCUT2D eigenvalue weighted by Crippen LogP contribution is 2.33. The van der Waals surface area contributed by atoms with Crippen LogP contribution >= 0.6 is 11.8 Å². The van der Waals surface area contributed by atoms with Gasteiger partial charge in [0.25, 0.3) is 5.89 Å². The second kappa shape index (κ2) is 7.90. The molecule has 1 atom stereocenters. The Labute approximate surface area is 163 Å². The van der Waals surface area contributed by atoms with Gasteiger partial charge in [0.1, 0.15) is 11.7 Å². The van der Waals surface area contributed by atoms with Gasteiger partial charge in [-0.2, -0.15) is 4.98 Å². The number of carbonyl (C=O) groups is 1. The van der Waals surface area contributed by atoms with Crippen LogP contribution in [0.25, 0.3) is 11.4 Å². The lowest BCUT2D eigenvalue weighted by molar-refractivity contribution is -0.0547. The van der Waals surface area contributed by atoms with E-state index in [4.69, 9.17) is 14.0 Å². The van der Waals surface area contributed by atoms with Crippen LogP contribution in [0.2, 0.25) is 0 Å². The fourth-order valence-corrected chi connectivity index (χ4v) is 3.29. The molecule has 0 saturated carbocycles. The summed E-state index contributed by atoms with van der Waals surface area (Å²) in [6.07, 6.45) is 1.37. The zero-order chi connectivity index (χ0) is 19.6. The number of methoxy groups -OCH3 is 1. The summed E-state index contributed by atoms with van der Waals surface area (Å²) in [5.41, 5.74) is 0.386. The lowest BCUT2D eigenvalue weighted by atomic mass is 9.94. The molecular formula is C19H25N3O4S. The Morgan fingerprint density at radius 2 is 1.96 bits per heavy atom. The third-order valence-corrected chi connectivity index (χ3v) is 5.02. The summed E-state index contributed by atoms with van der Waals surface area (Å²) < 4.78 is 16.4. The molecule has 1 unspecified atom stereocenters. The van der Waals surface area contributed by atoms with Crippen molar-refractivity contribution in [2.24, 2.45) is 5.92 Å². The molecule has 1 fully saturated rings. The Kier molecular flexibility index (Phi) is 5.76. The van der Waals surface area contributed by atoms with Crippen molar-refractivity contribution in [3.63, 3.8) is 0 Å². The topological polar surface area (TPSA) is 77.7 Å². The summed E-state index contributed by atoms with van der Waals surface area (Å²) in [4.78, 5) is 19.4. The summed E-state index contributed by atoms with van der Waals surface area (Å²) in [5, 5.41) is 4.08. The maximum Gasteiger partial charge on any atom is 0.410 e. The number of ether oxygens (including phenoxy) is 2. The van der Waals surface area contributed by atoms with E-state index in [1.54, 1.807) is 23.8 Å². The normalized spacial score (nSPS) is 16.1. The van der Waals surface area contributed by atoms with Gasteiger partial charge in [-0.3, -0.25) is 0 Å². The average Bonchev–Trinajstić information content (AvgIpc) is 3.05. The highest BCUT2D eigenvalue weighted by atomic mass is 32.2. The van der Waals surface area contributed by atoms with Crippen LogP contribution in [0.5, 0.6) is 0 Å². The van der Waals surface area contributed by atoms with Crippen molar-refractivity contribution >= 4 is 17.9 Å². The molecule has 1 aromatic carbocycles. The van der Waals surface area contributed by atoms with E-state index in [0.29, 0.717) is 24.8 Å². The van der Waals surface area contributed by atoms with Gasteiger partial charge in [-0.05, 0) is 51.3 Å². The van der Waals surface area contributed by atoms with Crippen LogP contribution < -0.4 is 0 Å². The van der Waals surface area contributed by atoms with E-state index in [1.165, 1.54) is 4.90 Å². The summed E-state index contributed by atoms with van der Waals surface area (Å²) in [6.45, 7) is 6.63. The zero-order valence-corrected chi connectivity index (χ0v) is 17.1. The number of carbonyl (C=O) groups excluding carboxylic acids is 1. The van der Waals surface area contributed by atoms with Crippen LogP contribution in [0.4, 0.5) is 4.79 Å². The Balaban J connectivity index is 1.64. The summed E-state index contributed by atoms with van der Waals surface area (Å²) in [6, 6.07) is 7.98. The summed E-state index contributed by atoms with van der Waals surface area (Å²) in [7, 11) is 1.61. The van der Waals surface area contributed by atoms with E-state index in [9.17, 15) is 4.79 Å². The Morgan fingerprint density at radius 3 is 2.52 bits per heavy atom. The van der Waals surface area contributed by atoms with Crippen LogP contribution in [0.15, 0.2) is 33.7 Å². The monoisotopic (exact) mass is 391 g/mol. The van der Waals surface area contributed by atoms with Gasteiger partial charge in [0.15, 0.2) is 0 Å². The van der Waals surface area contributed by atoms with Crippen LogP contribution in [0.1, 0.15) is 32.8 Å². The number of rotatable bonds is 5. The molecule has 1 amide bonds. The minimum atomic E-state index is -0.504. The molecule has 1 aliphatic heterocycles. The quantitative estimate of drug-likeness (QED) is 0.713. The number of hydrogen-bond donors (Lipinski definition) is 0. The molecule has 1 saturated heterocycles. The molecule has 27 heavy (non-hydrogen) atoms. The maximum atomic E-state index is 12.1. The molecular weight excluding hydrogens is 366 g/mol. The van der Waals surface area contributed by atoms with Crippen molar-refractivity contribution in [3.8, 4) is 11.4 Å². The van der Waals surface area contributed by atoms with Crippen molar-refractivity contribution in [1.82, 2.24) is 15.0 Å². The molecule has 0 N–H and O–H groups in total. The fraction of sp³-hybridized carbons (Fsp3) is 0.526. The number of aromatic nitrogens is 2. The van der Waals surface area contributed by atoms with E-state index in [-0.39, 0.29) is 18.1 Å². The first-order valence-electron chi connectivity index (χ1n) is 8.79. The predicted molar refractivity (Wildman–Crippen MR) is 103 cm³/mol. The third kappa shape index (κ3) is 4.62. The molecule has 0 radical (unpaired) electrons. The molecule has 3 rings (SSSR count). The van der Waals surface area contributed by atoms with Crippen molar-refractivity contribution in [2.45, 2.75) is 37.4 Å². The molecule has 7 nitrogen and oxygen atoms in total. The average molecular weight is 391 g/mol. The Bertz CT molecular complexity index is 779. The van der Waals surface area contributed by atoms with E-state index >= 15 is 0 Å². The molecule has 0 spiro atoms. The smallest absolute Gasteiger partial charge is 0.410 e. The van der Waals surface area contributed by atoms with E-state index in [0.717, 1.165) is 5.56 Å². The van der Waals surface area contributed by atoms with Gasteiger partial charge in [-0.15, -0.1) is 11.8 Å². The lowest BCUT2D eigenvalue weighted by Crippen LogP contribution is -2.53. The van der Waals surface area contributed by atoms with Gasteiger partial charge in [0.2, 0.25) is 5.82 Å². The third-order valence-electron chi connectivity index (χ3n) is 4.28. The highest BCUT2D eigenvalue weighted by molar-refractivity contribution is 7.98. The minimum Gasteiger partial charge on any atom is -0.444 e. The number of hydrogen-bond acceptors (Lipinski definition) is 7. The van der Waals surface area contributed by atoms with Crippen molar-refractivity contribution in [2.75, 3.05) is 26.5 Å². The first-order chi connectivity index (χ1) is 12.8. The zero-order valence-electron chi connectivity index (χ0n) is 16.3. The summed E-state index contributed by atoms with van der Waals surface area (Å²) in [5.74, 6) is 1.05. The maximum absolute atomic E-state index is 12.1. The van der Waals surface area contributed by atoms with Gasteiger partial charge in [-0.1, -0.05) is 5.16 Å². The molecule has 1 aromatic heterocycles. The number of benzene rings is 1. The highest BCUT2D eigenvalue weighted by Gasteiger charge is 2.41. The number of thioether (sulfide) groups is 1. The fourth-order valence-electron chi connectivity index (χ4n) is 2.88. The molecule has 8 heteroatoms. The Hall–Kier alpha value is -2.06. The molecule has 1 aliphatic rings. The van der Waals surface area contributed by atoms with Crippen molar-refractivity contribution in [1.29, 1.82) is 0 Å². The number of amides is 1. The summed E-state index contributed by atoms with van der Waals surface area (Å²) >= 11 is 1.68. The first kappa shape index (κ1) is 19.7.